The third-order valence-corrected chi connectivity index (χ3v) is 3.10. The molecule has 2 rings (SSSR count). The molecule has 8 heteroatoms. The Kier molecular flexibility index (Phi) is 3.01. The first kappa shape index (κ1) is 11.2. The lowest BCUT2D eigenvalue weighted by atomic mass is 10.5. The Morgan fingerprint density at radius 2 is 2.06 bits per heavy atom. The number of carbonyl (C=O) groups excluding carboxylic acids is 1. The minimum absolute atomic E-state index is 0.197. The number of carbonyl (C=O) groups is 1. The summed E-state index contributed by atoms with van der Waals surface area (Å²) >= 11 is 2.89. The van der Waals surface area contributed by atoms with Gasteiger partial charge in [0.2, 0.25) is 5.78 Å². The molecule has 0 atom stereocenters. The van der Waals surface area contributed by atoms with E-state index < -0.39 is 5.91 Å². The first-order valence-corrected chi connectivity index (χ1v) is 6.75. The van der Waals surface area contributed by atoms with Gasteiger partial charge in [-0.05, 0) is 12.5 Å². The van der Waals surface area contributed by atoms with E-state index in [1.165, 1.54) is 23.5 Å². The molecule has 0 fully saturated rings. The molecule has 0 spiro atoms. The molecule has 0 aliphatic heterocycles. The van der Waals surface area contributed by atoms with Gasteiger partial charge in [-0.1, -0.05) is 23.5 Å². The smallest absolute Gasteiger partial charge is 0.268 e. The summed E-state index contributed by atoms with van der Waals surface area (Å²) in [6, 6.07) is 0. The minimum atomic E-state index is -0.566. The van der Waals surface area contributed by atoms with Crippen LogP contribution in [-0.4, -0.2) is 37.8 Å². The molecule has 0 bridgehead atoms. The van der Waals surface area contributed by atoms with Crippen LogP contribution in [0.3, 0.4) is 0 Å². The molecule has 0 unspecified atom stereocenters. The highest BCUT2D eigenvalue weighted by Gasteiger charge is 2.12. The number of hydrogen-bond donors (Lipinski definition) is 1. The van der Waals surface area contributed by atoms with E-state index in [4.69, 9.17) is 5.73 Å². The Morgan fingerprint density at radius 1 is 1.31 bits per heavy atom. The second kappa shape index (κ2) is 4.30. The van der Waals surface area contributed by atoms with Gasteiger partial charge < -0.3 is 5.73 Å². The SMILES string of the molecule is CSc1nc(SC)n2cc(C(N)=O)nc2n1. The molecular formula is C8H9N5OS2. The van der Waals surface area contributed by atoms with Crippen LogP contribution >= 0.6 is 23.5 Å². The summed E-state index contributed by atoms with van der Waals surface area (Å²) in [5, 5.41) is 1.35. The number of nitrogens with two attached hydrogens (primary N) is 1. The second-order valence-electron chi connectivity index (χ2n) is 2.86. The van der Waals surface area contributed by atoms with Crippen molar-refractivity contribution in [3.8, 4) is 0 Å². The average molecular weight is 255 g/mol. The summed E-state index contributed by atoms with van der Waals surface area (Å²) in [4.78, 5) is 23.5. The molecule has 84 valence electrons. The molecule has 0 saturated carbocycles. The fraction of sp³-hybridized carbons (Fsp3) is 0.250. The molecule has 0 aliphatic carbocycles. The lowest BCUT2D eigenvalue weighted by Crippen LogP contribution is -2.10. The van der Waals surface area contributed by atoms with Crippen molar-refractivity contribution in [1.82, 2.24) is 19.4 Å². The van der Waals surface area contributed by atoms with Crippen LogP contribution in [0.25, 0.3) is 5.78 Å². The number of nitrogens with zero attached hydrogens (tertiary/aromatic N) is 4. The normalized spacial score (nSPS) is 10.9. The molecule has 1 amide bonds. The summed E-state index contributed by atoms with van der Waals surface area (Å²) in [6.45, 7) is 0. The summed E-state index contributed by atoms with van der Waals surface area (Å²) < 4.78 is 1.66. The lowest BCUT2D eigenvalue weighted by molar-refractivity contribution is 0.0996. The van der Waals surface area contributed by atoms with E-state index in [9.17, 15) is 4.79 Å². The summed E-state index contributed by atoms with van der Waals surface area (Å²) in [5.41, 5.74) is 5.36. The van der Waals surface area contributed by atoms with Crippen LogP contribution in [0.2, 0.25) is 0 Å². The van der Waals surface area contributed by atoms with E-state index in [2.05, 4.69) is 15.0 Å². The monoisotopic (exact) mass is 255 g/mol. The molecule has 6 nitrogen and oxygen atoms in total. The molecule has 2 aromatic rings. The Morgan fingerprint density at radius 3 is 2.62 bits per heavy atom. The van der Waals surface area contributed by atoms with Crippen LogP contribution in [0.1, 0.15) is 10.5 Å². The molecule has 0 aliphatic rings. The van der Waals surface area contributed by atoms with Crippen molar-refractivity contribution in [3.63, 3.8) is 0 Å². The van der Waals surface area contributed by atoms with Gasteiger partial charge in [-0.3, -0.25) is 9.20 Å². The fourth-order valence-corrected chi connectivity index (χ4v) is 2.11. The van der Waals surface area contributed by atoms with E-state index in [0.29, 0.717) is 10.9 Å². The van der Waals surface area contributed by atoms with E-state index in [1.807, 2.05) is 12.5 Å². The van der Waals surface area contributed by atoms with Crippen LogP contribution in [0, 0.1) is 0 Å². The largest absolute Gasteiger partial charge is 0.364 e. The van der Waals surface area contributed by atoms with Crippen molar-refractivity contribution >= 4 is 35.2 Å². The first-order valence-electron chi connectivity index (χ1n) is 4.30. The van der Waals surface area contributed by atoms with Crippen molar-refractivity contribution in [2.24, 2.45) is 5.73 Å². The van der Waals surface area contributed by atoms with Crippen LogP contribution in [-0.2, 0) is 0 Å². The fourth-order valence-electron chi connectivity index (χ4n) is 1.19. The van der Waals surface area contributed by atoms with Gasteiger partial charge in [0.05, 0.1) is 0 Å². The number of thioether (sulfide) groups is 2. The zero-order chi connectivity index (χ0) is 11.7. The van der Waals surface area contributed by atoms with E-state index in [0.717, 1.165) is 5.16 Å². The van der Waals surface area contributed by atoms with Gasteiger partial charge in [0, 0.05) is 6.20 Å². The number of hydrogen-bond acceptors (Lipinski definition) is 6. The van der Waals surface area contributed by atoms with E-state index in [-0.39, 0.29) is 5.69 Å². The van der Waals surface area contributed by atoms with Gasteiger partial charge >= 0.3 is 0 Å². The van der Waals surface area contributed by atoms with Gasteiger partial charge in [-0.15, -0.1) is 0 Å². The first-order chi connectivity index (χ1) is 7.65. The number of aromatic nitrogens is 4. The Balaban J connectivity index is 2.69. The van der Waals surface area contributed by atoms with Crippen molar-refractivity contribution in [3.05, 3.63) is 11.9 Å². The van der Waals surface area contributed by atoms with Crippen molar-refractivity contribution in [1.29, 1.82) is 0 Å². The number of amides is 1. The van der Waals surface area contributed by atoms with E-state index >= 15 is 0 Å². The quantitative estimate of drug-likeness (QED) is 0.811. The van der Waals surface area contributed by atoms with Gasteiger partial charge in [0.1, 0.15) is 5.69 Å². The topological polar surface area (TPSA) is 86.2 Å². The van der Waals surface area contributed by atoms with Gasteiger partial charge in [-0.25, -0.2) is 4.98 Å². The Labute approximate surface area is 100 Å². The zero-order valence-corrected chi connectivity index (χ0v) is 10.3. The van der Waals surface area contributed by atoms with Crippen LogP contribution in [0.15, 0.2) is 16.5 Å². The standard InChI is InChI=1S/C8H9N5OS2/c1-15-7-11-6-10-4(5(9)14)3-13(6)8(12-7)16-2/h3H,1-2H3,(H2,9,14). The van der Waals surface area contributed by atoms with Crippen LogP contribution in [0.4, 0.5) is 0 Å². The second-order valence-corrected chi connectivity index (χ2v) is 4.40. The molecule has 16 heavy (non-hydrogen) atoms. The maximum Gasteiger partial charge on any atom is 0.268 e. The highest BCUT2D eigenvalue weighted by atomic mass is 32.2. The average Bonchev–Trinajstić information content (AvgIpc) is 2.71. The number of rotatable bonds is 3. The minimum Gasteiger partial charge on any atom is -0.364 e. The highest BCUT2D eigenvalue weighted by Crippen LogP contribution is 2.18. The number of fused-ring (bicyclic) bond motifs is 1. The maximum absolute atomic E-state index is 11.0. The third kappa shape index (κ3) is 1.85. The third-order valence-electron chi connectivity index (χ3n) is 1.90. The highest BCUT2D eigenvalue weighted by molar-refractivity contribution is 7.99. The van der Waals surface area contributed by atoms with E-state index in [1.54, 1.807) is 10.6 Å². The van der Waals surface area contributed by atoms with Crippen molar-refractivity contribution < 1.29 is 4.79 Å². The molecule has 2 heterocycles. The Bertz CT molecular complexity index is 553. The van der Waals surface area contributed by atoms with Crippen LogP contribution in [0.5, 0.6) is 0 Å². The van der Waals surface area contributed by atoms with Gasteiger partial charge in [-0.2, -0.15) is 9.97 Å². The molecule has 0 radical (unpaired) electrons. The summed E-state index contributed by atoms with van der Waals surface area (Å²) in [5.74, 6) is -0.124. The molecule has 0 saturated heterocycles. The van der Waals surface area contributed by atoms with Gasteiger partial charge in [0.25, 0.3) is 5.91 Å². The summed E-state index contributed by atoms with van der Waals surface area (Å²) in [6.07, 6.45) is 5.33. The molecule has 0 aromatic carbocycles. The van der Waals surface area contributed by atoms with Crippen LogP contribution < -0.4 is 5.73 Å². The molecule has 2 aromatic heterocycles. The number of imidazole rings is 1. The lowest BCUT2D eigenvalue weighted by Gasteiger charge is -2.01. The summed E-state index contributed by atoms with van der Waals surface area (Å²) in [7, 11) is 0. The molecule has 2 N–H and O–H groups in total. The maximum atomic E-state index is 11.0. The van der Waals surface area contributed by atoms with Crippen molar-refractivity contribution in [2.45, 2.75) is 10.3 Å². The predicted octanol–water partition coefficient (Wildman–Crippen LogP) is 0.667. The molecular weight excluding hydrogens is 246 g/mol. The predicted molar refractivity (Wildman–Crippen MR) is 62.9 cm³/mol. The zero-order valence-electron chi connectivity index (χ0n) is 8.67. The van der Waals surface area contributed by atoms with Crippen molar-refractivity contribution in [2.75, 3.05) is 12.5 Å². The Hall–Kier alpha value is -1.28. The van der Waals surface area contributed by atoms with Gasteiger partial charge in [0.15, 0.2) is 10.3 Å². The number of primary amides is 1.